The summed E-state index contributed by atoms with van der Waals surface area (Å²) in [4.78, 5) is 23.6. The first kappa shape index (κ1) is 26.5. The Morgan fingerprint density at radius 2 is 1.78 bits per heavy atom. The highest BCUT2D eigenvalue weighted by Gasteiger charge is 2.42. The quantitative estimate of drug-likeness (QED) is 0.479. The lowest BCUT2D eigenvalue weighted by Gasteiger charge is -2.23. The van der Waals surface area contributed by atoms with Crippen molar-refractivity contribution in [2.24, 2.45) is 5.92 Å². The minimum Gasteiger partial charge on any atom is -0.349 e. The molecule has 0 unspecified atom stereocenters. The van der Waals surface area contributed by atoms with E-state index in [4.69, 9.17) is 0 Å². The third kappa shape index (κ3) is 5.74. The number of benzene rings is 1. The maximum atomic E-state index is 14.3. The minimum absolute atomic E-state index is 0.0866. The summed E-state index contributed by atoms with van der Waals surface area (Å²) in [6.07, 6.45) is -2.36. The molecule has 4 rings (SSSR count). The van der Waals surface area contributed by atoms with Gasteiger partial charge in [-0.1, -0.05) is 6.92 Å². The summed E-state index contributed by atoms with van der Waals surface area (Å²) in [7, 11) is -4.08. The number of nitrogens with one attached hydrogen (secondary N) is 1. The summed E-state index contributed by atoms with van der Waals surface area (Å²) < 4.78 is 93.0. The monoisotopic (exact) mass is 541 g/mol. The van der Waals surface area contributed by atoms with Gasteiger partial charge in [0.1, 0.15) is 11.9 Å². The molecule has 0 saturated carbocycles. The molecule has 0 spiro atoms. The van der Waals surface area contributed by atoms with E-state index in [1.807, 2.05) is 0 Å². The first-order valence-corrected chi connectivity index (χ1v) is 12.4. The molecule has 196 valence electrons. The van der Waals surface area contributed by atoms with E-state index in [1.54, 1.807) is 6.92 Å². The van der Waals surface area contributed by atoms with E-state index in [-0.39, 0.29) is 47.3 Å². The van der Waals surface area contributed by atoms with Crippen LogP contribution in [0.25, 0.3) is 11.3 Å². The molecule has 1 amide bonds. The number of pyridine rings is 1. The third-order valence-corrected chi connectivity index (χ3v) is 7.65. The van der Waals surface area contributed by atoms with Crippen LogP contribution in [0.2, 0.25) is 0 Å². The van der Waals surface area contributed by atoms with Gasteiger partial charge in [0.2, 0.25) is 15.9 Å². The van der Waals surface area contributed by atoms with E-state index >= 15 is 0 Å². The van der Waals surface area contributed by atoms with Crippen molar-refractivity contribution in [1.29, 1.82) is 0 Å². The van der Waals surface area contributed by atoms with E-state index in [2.05, 4.69) is 20.3 Å². The molecule has 3 heterocycles. The first-order chi connectivity index (χ1) is 17.4. The number of alkyl halides is 3. The van der Waals surface area contributed by atoms with Gasteiger partial charge in [0.15, 0.2) is 11.5 Å². The zero-order valence-corrected chi connectivity index (χ0v) is 20.0. The average molecular weight is 542 g/mol. The van der Waals surface area contributed by atoms with Crippen LogP contribution in [-0.2, 0) is 27.5 Å². The standard InChI is InChI=1S/C23H20F5N5O3S/c1-13-6-20(33(12-13)37(35,36)16-4-2-14(24)3-5-16)22(34)32-8-15-7-17(18(25)9-29-15)19-10-31-21(11-30-19)23(26,27)28/h2-5,7,9-11,13,20H,6,8,12H2,1H3,(H,32,34)/t13-,20+/m1/s1. The number of hydrogen-bond donors (Lipinski definition) is 1. The molecule has 3 aromatic rings. The van der Waals surface area contributed by atoms with Gasteiger partial charge in [0.25, 0.3) is 0 Å². The van der Waals surface area contributed by atoms with Gasteiger partial charge in [0.05, 0.1) is 41.4 Å². The van der Waals surface area contributed by atoms with Crippen LogP contribution in [0.1, 0.15) is 24.7 Å². The van der Waals surface area contributed by atoms with Gasteiger partial charge in [-0.05, 0) is 42.7 Å². The van der Waals surface area contributed by atoms with Crippen molar-refractivity contribution in [3.8, 4) is 11.3 Å². The van der Waals surface area contributed by atoms with Crippen LogP contribution in [0.3, 0.4) is 0 Å². The minimum atomic E-state index is -4.70. The van der Waals surface area contributed by atoms with Crippen molar-refractivity contribution < 1.29 is 35.2 Å². The van der Waals surface area contributed by atoms with Gasteiger partial charge in [0, 0.05) is 12.1 Å². The smallest absolute Gasteiger partial charge is 0.349 e. The molecule has 0 bridgehead atoms. The van der Waals surface area contributed by atoms with Crippen molar-refractivity contribution in [3.05, 3.63) is 71.9 Å². The number of amides is 1. The lowest BCUT2D eigenvalue weighted by molar-refractivity contribution is -0.141. The Balaban J connectivity index is 1.50. The maximum absolute atomic E-state index is 14.3. The molecule has 1 aliphatic heterocycles. The van der Waals surface area contributed by atoms with E-state index < -0.39 is 45.5 Å². The Kier molecular flexibility index (Phi) is 7.24. The number of nitrogens with zero attached hydrogens (tertiary/aromatic N) is 4. The maximum Gasteiger partial charge on any atom is 0.434 e. The zero-order chi connectivity index (χ0) is 27.0. The predicted octanol–water partition coefficient (Wildman–Crippen LogP) is 3.55. The number of hydrogen-bond acceptors (Lipinski definition) is 6. The fraction of sp³-hybridized carbons (Fsp3) is 0.304. The van der Waals surface area contributed by atoms with Crippen molar-refractivity contribution in [2.75, 3.05) is 6.54 Å². The molecule has 2 atom stereocenters. The van der Waals surface area contributed by atoms with Crippen LogP contribution in [0.4, 0.5) is 22.0 Å². The number of rotatable bonds is 6. The summed E-state index contributed by atoms with van der Waals surface area (Å²) in [6, 6.07) is 4.44. The molecule has 8 nitrogen and oxygen atoms in total. The van der Waals surface area contributed by atoms with Crippen LogP contribution < -0.4 is 5.32 Å². The molecular weight excluding hydrogens is 521 g/mol. The molecule has 1 aliphatic rings. The summed E-state index contributed by atoms with van der Waals surface area (Å²) in [6.45, 7) is 1.66. The van der Waals surface area contributed by atoms with Crippen molar-refractivity contribution in [1.82, 2.24) is 24.6 Å². The molecular formula is C23H20F5N5O3S. The SMILES string of the molecule is C[C@@H]1C[C@@H](C(=O)NCc2cc(-c3cnc(C(F)(F)F)cn3)c(F)cn2)N(S(=O)(=O)c2ccc(F)cc2)C1. The lowest BCUT2D eigenvalue weighted by Crippen LogP contribution is -2.45. The fourth-order valence-electron chi connectivity index (χ4n) is 3.94. The largest absolute Gasteiger partial charge is 0.434 e. The first-order valence-electron chi connectivity index (χ1n) is 11.0. The molecule has 14 heteroatoms. The Morgan fingerprint density at radius 3 is 2.41 bits per heavy atom. The van der Waals surface area contributed by atoms with Crippen LogP contribution in [0.5, 0.6) is 0 Å². The molecule has 2 aromatic heterocycles. The molecule has 0 aliphatic carbocycles. The molecule has 1 aromatic carbocycles. The number of carbonyl (C=O) groups is 1. The molecule has 1 saturated heterocycles. The summed E-state index contributed by atoms with van der Waals surface area (Å²) in [5.74, 6) is -2.20. The van der Waals surface area contributed by atoms with Crippen molar-refractivity contribution in [3.63, 3.8) is 0 Å². The predicted molar refractivity (Wildman–Crippen MR) is 120 cm³/mol. The molecule has 0 radical (unpaired) electrons. The highest BCUT2D eigenvalue weighted by atomic mass is 32.2. The van der Waals surface area contributed by atoms with Gasteiger partial charge in [-0.3, -0.25) is 14.8 Å². The summed E-state index contributed by atoms with van der Waals surface area (Å²) in [5.41, 5.74) is -1.41. The highest BCUT2D eigenvalue weighted by Crippen LogP contribution is 2.30. The van der Waals surface area contributed by atoms with Gasteiger partial charge in [-0.2, -0.15) is 17.5 Å². The Bertz CT molecular complexity index is 1400. The van der Waals surface area contributed by atoms with E-state index in [9.17, 15) is 35.2 Å². The molecule has 1 N–H and O–H groups in total. The third-order valence-electron chi connectivity index (χ3n) is 5.76. The van der Waals surface area contributed by atoms with Gasteiger partial charge in [-0.25, -0.2) is 22.2 Å². The Hall–Kier alpha value is -3.52. The van der Waals surface area contributed by atoms with E-state index in [0.717, 1.165) is 41.0 Å². The second kappa shape index (κ2) is 10.1. The molecule has 37 heavy (non-hydrogen) atoms. The van der Waals surface area contributed by atoms with Crippen LogP contribution >= 0.6 is 0 Å². The van der Waals surface area contributed by atoms with E-state index in [0.29, 0.717) is 6.20 Å². The van der Waals surface area contributed by atoms with Crippen LogP contribution in [-0.4, -0.2) is 46.2 Å². The lowest BCUT2D eigenvalue weighted by atomic mass is 10.1. The molecule has 1 fully saturated rings. The number of sulfonamides is 1. The van der Waals surface area contributed by atoms with Crippen molar-refractivity contribution in [2.45, 2.75) is 37.0 Å². The van der Waals surface area contributed by atoms with E-state index in [1.165, 1.54) is 6.07 Å². The van der Waals surface area contributed by atoms with Crippen molar-refractivity contribution >= 4 is 15.9 Å². The van der Waals surface area contributed by atoms with Gasteiger partial charge in [-0.15, -0.1) is 0 Å². The second-order valence-corrected chi connectivity index (χ2v) is 10.4. The topological polar surface area (TPSA) is 105 Å². The zero-order valence-electron chi connectivity index (χ0n) is 19.2. The Morgan fingerprint density at radius 1 is 1.08 bits per heavy atom. The number of halogens is 5. The van der Waals surface area contributed by atoms with Crippen LogP contribution in [0.15, 0.2) is 53.8 Å². The Labute approximate surface area is 208 Å². The fourth-order valence-corrected chi connectivity index (χ4v) is 5.66. The van der Waals surface area contributed by atoms with Crippen LogP contribution in [0, 0.1) is 17.6 Å². The average Bonchev–Trinajstić information content (AvgIpc) is 3.26. The number of aromatic nitrogens is 3. The second-order valence-electron chi connectivity index (χ2n) is 8.54. The van der Waals surface area contributed by atoms with Gasteiger partial charge < -0.3 is 5.32 Å². The number of carbonyl (C=O) groups excluding carboxylic acids is 1. The summed E-state index contributed by atoms with van der Waals surface area (Å²) >= 11 is 0. The normalized spacial score (nSPS) is 18.6. The highest BCUT2D eigenvalue weighted by molar-refractivity contribution is 7.89. The summed E-state index contributed by atoms with van der Waals surface area (Å²) in [5, 5.41) is 2.58. The van der Waals surface area contributed by atoms with Gasteiger partial charge >= 0.3 is 6.18 Å².